The zero-order valence-electron chi connectivity index (χ0n) is 11.9. The van der Waals surface area contributed by atoms with E-state index in [-0.39, 0.29) is 12.8 Å². The Morgan fingerprint density at radius 1 is 1.32 bits per heavy atom. The summed E-state index contributed by atoms with van der Waals surface area (Å²) in [6.07, 6.45) is 0. The average Bonchev–Trinajstić information content (AvgIpc) is 3.12. The summed E-state index contributed by atoms with van der Waals surface area (Å²) in [4.78, 5) is 11.6. The topological polar surface area (TPSA) is 94.9 Å². The number of carbonyl (C=O) groups is 1. The van der Waals surface area contributed by atoms with E-state index < -0.39 is 0 Å². The van der Waals surface area contributed by atoms with E-state index in [2.05, 4.69) is 15.8 Å². The lowest BCUT2D eigenvalue weighted by Gasteiger charge is -2.08. The number of hydrogen-bond acceptors (Lipinski definition) is 6. The number of rotatable bonds is 5. The van der Waals surface area contributed by atoms with Crippen LogP contribution in [0.5, 0.6) is 17.2 Å². The first kappa shape index (κ1) is 14.1. The van der Waals surface area contributed by atoms with Crippen LogP contribution in [0.3, 0.4) is 0 Å². The molecule has 0 saturated carbocycles. The zero-order chi connectivity index (χ0) is 15.4. The highest BCUT2D eigenvalue weighted by molar-refractivity contribution is 5.88. The number of carbonyl (C=O) groups excluding carboxylic acids is 1. The van der Waals surface area contributed by atoms with Crippen LogP contribution in [0.4, 0.5) is 10.6 Å². The smallest absolute Gasteiger partial charge is 0.320 e. The van der Waals surface area contributed by atoms with E-state index in [9.17, 15) is 4.79 Å². The molecule has 0 unspecified atom stereocenters. The van der Waals surface area contributed by atoms with Crippen LogP contribution < -0.4 is 24.8 Å². The number of anilines is 1. The number of urea groups is 1. The molecule has 1 aliphatic rings. The molecule has 0 bridgehead atoms. The van der Waals surface area contributed by atoms with Gasteiger partial charge in [0.1, 0.15) is 18.1 Å². The second-order valence-corrected chi connectivity index (χ2v) is 4.57. The summed E-state index contributed by atoms with van der Waals surface area (Å²) in [7, 11) is 0. The summed E-state index contributed by atoms with van der Waals surface area (Å²) < 4.78 is 20.8. The molecule has 2 aromatic rings. The van der Waals surface area contributed by atoms with Gasteiger partial charge in [-0.15, -0.1) is 0 Å². The Balaban J connectivity index is 1.39. The molecule has 0 fully saturated rings. The number of hydrogen-bond donors (Lipinski definition) is 2. The van der Waals surface area contributed by atoms with Crippen LogP contribution in [0.25, 0.3) is 0 Å². The average molecular weight is 305 g/mol. The monoisotopic (exact) mass is 305 g/mol. The molecule has 0 aliphatic carbocycles. The Hall–Kier alpha value is -2.90. The van der Waals surface area contributed by atoms with Crippen molar-refractivity contribution < 1.29 is 23.5 Å². The van der Waals surface area contributed by atoms with Crippen LogP contribution in [0.2, 0.25) is 0 Å². The van der Waals surface area contributed by atoms with Gasteiger partial charge in [-0.05, 0) is 19.1 Å². The number of nitrogens with zero attached hydrogens (tertiary/aromatic N) is 1. The molecule has 1 aromatic carbocycles. The van der Waals surface area contributed by atoms with Crippen molar-refractivity contribution in [1.29, 1.82) is 0 Å². The summed E-state index contributed by atoms with van der Waals surface area (Å²) in [5.74, 6) is 3.00. The second-order valence-electron chi connectivity index (χ2n) is 4.57. The van der Waals surface area contributed by atoms with Crippen LogP contribution in [0, 0.1) is 6.92 Å². The third-order valence-corrected chi connectivity index (χ3v) is 2.87. The molecule has 0 spiro atoms. The molecule has 8 heteroatoms. The van der Waals surface area contributed by atoms with Crippen molar-refractivity contribution in [2.24, 2.45) is 0 Å². The molecule has 0 radical (unpaired) electrons. The maximum absolute atomic E-state index is 11.6. The van der Waals surface area contributed by atoms with Crippen molar-refractivity contribution in [2.45, 2.75) is 6.92 Å². The molecule has 116 valence electrons. The van der Waals surface area contributed by atoms with Crippen LogP contribution in [-0.2, 0) is 0 Å². The first-order valence-electron chi connectivity index (χ1n) is 6.71. The fraction of sp³-hybridized carbons (Fsp3) is 0.286. The van der Waals surface area contributed by atoms with Crippen molar-refractivity contribution in [2.75, 3.05) is 25.3 Å². The molecular formula is C14H15N3O5. The Morgan fingerprint density at radius 3 is 3.00 bits per heavy atom. The number of nitrogens with one attached hydrogen (secondary N) is 2. The van der Waals surface area contributed by atoms with E-state index in [1.165, 1.54) is 0 Å². The summed E-state index contributed by atoms with van der Waals surface area (Å²) in [5.41, 5.74) is 0. The number of amides is 2. The highest BCUT2D eigenvalue weighted by atomic mass is 16.7. The van der Waals surface area contributed by atoms with Crippen molar-refractivity contribution in [3.63, 3.8) is 0 Å². The Kier molecular flexibility index (Phi) is 3.99. The minimum Gasteiger partial charge on any atom is -0.492 e. The Morgan fingerprint density at radius 2 is 2.18 bits per heavy atom. The maximum atomic E-state index is 11.6. The minimum absolute atomic E-state index is 0.224. The normalized spacial score (nSPS) is 12.0. The van der Waals surface area contributed by atoms with Gasteiger partial charge in [0.25, 0.3) is 0 Å². The van der Waals surface area contributed by atoms with E-state index in [0.717, 1.165) is 0 Å². The number of aromatic nitrogens is 1. The van der Waals surface area contributed by atoms with E-state index in [1.807, 2.05) is 0 Å². The Labute approximate surface area is 126 Å². The van der Waals surface area contributed by atoms with E-state index >= 15 is 0 Å². The number of ether oxygens (including phenoxy) is 3. The maximum Gasteiger partial charge on any atom is 0.320 e. The first-order valence-corrected chi connectivity index (χ1v) is 6.71. The summed E-state index contributed by atoms with van der Waals surface area (Å²) >= 11 is 0. The van der Waals surface area contributed by atoms with Gasteiger partial charge in [-0.25, -0.2) is 4.79 Å². The van der Waals surface area contributed by atoms with Gasteiger partial charge in [0.15, 0.2) is 17.3 Å². The van der Waals surface area contributed by atoms with Gasteiger partial charge < -0.3 is 24.1 Å². The largest absolute Gasteiger partial charge is 0.492 e. The molecule has 22 heavy (non-hydrogen) atoms. The van der Waals surface area contributed by atoms with Gasteiger partial charge in [0.05, 0.1) is 6.54 Å². The van der Waals surface area contributed by atoms with E-state index in [1.54, 1.807) is 31.2 Å². The molecule has 2 amide bonds. The predicted molar refractivity (Wildman–Crippen MR) is 76.3 cm³/mol. The third kappa shape index (κ3) is 3.40. The lowest BCUT2D eigenvalue weighted by atomic mass is 10.3. The Bertz CT molecular complexity index is 670. The summed E-state index contributed by atoms with van der Waals surface area (Å²) in [6.45, 7) is 2.64. The fourth-order valence-corrected chi connectivity index (χ4v) is 1.89. The van der Waals surface area contributed by atoms with Gasteiger partial charge >= 0.3 is 6.03 Å². The molecule has 0 atom stereocenters. The lowest BCUT2D eigenvalue weighted by Crippen LogP contribution is -2.32. The van der Waals surface area contributed by atoms with Crippen LogP contribution >= 0.6 is 0 Å². The highest BCUT2D eigenvalue weighted by Crippen LogP contribution is 2.34. The fourth-order valence-electron chi connectivity index (χ4n) is 1.89. The van der Waals surface area contributed by atoms with Gasteiger partial charge in [0.2, 0.25) is 6.79 Å². The second kappa shape index (κ2) is 6.25. The number of aryl methyl sites for hydroxylation is 1. The number of benzene rings is 1. The molecule has 2 heterocycles. The molecule has 2 N–H and O–H groups in total. The van der Waals surface area contributed by atoms with Crippen molar-refractivity contribution in [3.8, 4) is 17.2 Å². The van der Waals surface area contributed by atoms with Gasteiger partial charge in [-0.2, -0.15) is 0 Å². The SMILES string of the molecule is Cc1cc(NC(=O)NCCOc2ccc3c(c2)OCO3)no1. The van der Waals surface area contributed by atoms with Crippen molar-refractivity contribution in [1.82, 2.24) is 10.5 Å². The first-order chi connectivity index (χ1) is 10.7. The van der Waals surface area contributed by atoms with Crippen molar-refractivity contribution in [3.05, 3.63) is 30.0 Å². The van der Waals surface area contributed by atoms with Gasteiger partial charge in [0, 0.05) is 12.1 Å². The molecule has 1 aliphatic heterocycles. The molecule has 1 aromatic heterocycles. The summed E-state index contributed by atoms with van der Waals surface area (Å²) in [6, 6.07) is 6.57. The van der Waals surface area contributed by atoms with E-state index in [0.29, 0.717) is 42.0 Å². The zero-order valence-corrected chi connectivity index (χ0v) is 11.9. The van der Waals surface area contributed by atoms with Crippen LogP contribution in [0.15, 0.2) is 28.8 Å². The summed E-state index contributed by atoms with van der Waals surface area (Å²) in [5, 5.41) is 8.86. The number of fused-ring (bicyclic) bond motifs is 1. The van der Waals surface area contributed by atoms with Crippen LogP contribution in [0.1, 0.15) is 5.76 Å². The third-order valence-electron chi connectivity index (χ3n) is 2.87. The highest BCUT2D eigenvalue weighted by Gasteiger charge is 2.13. The predicted octanol–water partition coefficient (Wildman–Crippen LogP) is 1.91. The molecule has 0 saturated heterocycles. The molecule has 3 rings (SSSR count). The van der Waals surface area contributed by atoms with E-state index in [4.69, 9.17) is 18.7 Å². The van der Waals surface area contributed by atoms with Crippen molar-refractivity contribution >= 4 is 11.8 Å². The minimum atomic E-state index is -0.373. The lowest BCUT2D eigenvalue weighted by molar-refractivity contribution is 0.173. The molecule has 8 nitrogen and oxygen atoms in total. The molecular weight excluding hydrogens is 290 g/mol. The standard InChI is InChI=1S/C14H15N3O5/c1-9-6-13(17-22-9)16-14(18)15-4-5-19-10-2-3-11-12(7-10)21-8-20-11/h2-3,6-7H,4-5,8H2,1H3,(H2,15,16,17,18). The van der Waals surface area contributed by atoms with Gasteiger partial charge in [-0.1, -0.05) is 5.16 Å². The quantitative estimate of drug-likeness (QED) is 0.819. The van der Waals surface area contributed by atoms with Crippen LogP contribution in [-0.4, -0.2) is 31.1 Å². The van der Waals surface area contributed by atoms with Gasteiger partial charge in [-0.3, -0.25) is 5.32 Å².